The first-order valence-corrected chi connectivity index (χ1v) is 4.86. The van der Waals surface area contributed by atoms with Crippen molar-refractivity contribution in [2.75, 3.05) is 6.54 Å². The van der Waals surface area contributed by atoms with E-state index in [0.29, 0.717) is 0 Å². The van der Waals surface area contributed by atoms with E-state index in [1.165, 1.54) is 0 Å². The summed E-state index contributed by atoms with van der Waals surface area (Å²) in [7, 11) is 0. The molecule has 6 heteroatoms. The molecule has 0 atom stereocenters. The molecule has 2 N–H and O–H groups in total. The highest BCUT2D eigenvalue weighted by molar-refractivity contribution is 9.10. The number of nitrogens with two attached hydrogens (primary N) is 1. The summed E-state index contributed by atoms with van der Waals surface area (Å²) in [5, 5.41) is 0. The number of halogens is 5. The quantitative estimate of drug-likeness (QED) is 0.849. The normalized spacial score (nSPS) is 11.9. The highest BCUT2D eigenvalue weighted by Crippen LogP contribution is 2.25. The van der Waals surface area contributed by atoms with Crippen LogP contribution < -0.4 is 5.73 Å². The average molecular weight is 286 g/mol. The Bertz CT molecular complexity index is 344. The minimum Gasteiger partial charge on any atom is -0.325 e. The van der Waals surface area contributed by atoms with Crippen LogP contribution in [0.1, 0.15) is 5.56 Å². The van der Waals surface area contributed by atoms with Crippen molar-refractivity contribution >= 4 is 15.9 Å². The van der Waals surface area contributed by atoms with E-state index < -0.39 is 36.1 Å². The summed E-state index contributed by atoms with van der Waals surface area (Å²) in [5.74, 6) is -5.31. The van der Waals surface area contributed by atoms with Crippen LogP contribution >= 0.6 is 15.9 Å². The minimum atomic E-state index is -3.30. The Morgan fingerprint density at radius 3 is 2.07 bits per heavy atom. The average Bonchev–Trinajstić information content (AvgIpc) is 2.11. The van der Waals surface area contributed by atoms with Gasteiger partial charge < -0.3 is 5.73 Å². The highest BCUT2D eigenvalue weighted by Gasteiger charge is 2.30. The van der Waals surface area contributed by atoms with Gasteiger partial charge in [-0.2, -0.15) is 0 Å². The molecule has 0 saturated heterocycles. The first kappa shape index (κ1) is 12.4. The van der Waals surface area contributed by atoms with Crippen LogP contribution in [-0.4, -0.2) is 12.5 Å². The molecule has 0 aromatic heterocycles. The van der Waals surface area contributed by atoms with Crippen LogP contribution in [0.15, 0.2) is 16.6 Å². The number of hydrogen-bond donors (Lipinski definition) is 1. The lowest BCUT2D eigenvalue weighted by molar-refractivity contribution is 0.00979. The van der Waals surface area contributed by atoms with Crippen molar-refractivity contribution in [3.05, 3.63) is 33.8 Å². The lowest BCUT2D eigenvalue weighted by Crippen LogP contribution is -2.31. The van der Waals surface area contributed by atoms with E-state index >= 15 is 0 Å². The van der Waals surface area contributed by atoms with Crippen LogP contribution in [0.4, 0.5) is 17.6 Å². The summed E-state index contributed by atoms with van der Waals surface area (Å²) in [6.07, 6.45) is -1.03. The fourth-order valence-electron chi connectivity index (χ4n) is 1.07. The SMILES string of the molecule is NCC(F)(F)Cc1c(F)cc(Br)cc1F. The lowest BCUT2D eigenvalue weighted by atomic mass is 10.1. The van der Waals surface area contributed by atoms with Gasteiger partial charge in [0.2, 0.25) is 0 Å². The number of rotatable bonds is 3. The molecule has 0 saturated carbocycles. The highest BCUT2D eigenvalue weighted by atomic mass is 79.9. The van der Waals surface area contributed by atoms with Gasteiger partial charge in [-0.3, -0.25) is 0 Å². The Morgan fingerprint density at radius 2 is 1.67 bits per heavy atom. The molecule has 0 aliphatic rings. The molecule has 0 unspecified atom stereocenters. The van der Waals surface area contributed by atoms with Gasteiger partial charge in [0.15, 0.2) is 0 Å². The van der Waals surface area contributed by atoms with Gasteiger partial charge >= 0.3 is 0 Å². The van der Waals surface area contributed by atoms with Crippen molar-refractivity contribution in [1.29, 1.82) is 0 Å². The van der Waals surface area contributed by atoms with Crippen molar-refractivity contribution in [2.45, 2.75) is 12.3 Å². The molecule has 84 valence electrons. The third kappa shape index (κ3) is 3.17. The topological polar surface area (TPSA) is 26.0 Å². The van der Waals surface area contributed by atoms with E-state index in [4.69, 9.17) is 5.73 Å². The Hall–Kier alpha value is -0.620. The van der Waals surface area contributed by atoms with E-state index in [0.717, 1.165) is 12.1 Å². The predicted molar refractivity (Wildman–Crippen MR) is 51.8 cm³/mol. The van der Waals surface area contributed by atoms with Gasteiger partial charge in [-0.25, -0.2) is 17.6 Å². The Balaban J connectivity index is 3.05. The van der Waals surface area contributed by atoms with Crippen molar-refractivity contribution in [3.63, 3.8) is 0 Å². The predicted octanol–water partition coefficient (Wildman–Crippen LogP) is 2.86. The minimum absolute atomic E-state index is 0.164. The van der Waals surface area contributed by atoms with Crippen LogP contribution in [0.3, 0.4) is 0 Å². The molecule has 0 heterocycles. The van der Waals surface area contributed by atoms with Crippen LogP contribution in [0.5, 0.6) is 0 Å². The van der Waals surface area contributed by atoms with Gasteiger partial charge in [0, 0.05) is 16.5 Å². The number of alkyl halides is 2. The van der Waals surface area contributed by atoms with Crippen molar-refractivity contribution in [1.82, 2.24) is 0 Å². The van der Waals surface area contributed by atoms with E-state index in [9.17, 15) is 17.6 Å². The molecule has 0 spiro atoms. The molecule has 1 aromatic carbocycles. The molecule has 0 aliphatic heterocycles. The fourth-order valence-corrected chi connectivity index (χ4v) is 1.47. The van der Waals surface area contributed by atoms with Crippen LogP contribution in [0, 0.1) is 11.6 Å². The lowest BCUT2D eigenvalue weighted by Gasteiger charge is -2.14. The molecule has 15 heavy (non-hydrogen) atoms. The van der Waals surface area contributed by atoms with Crippen LogP contribution in [0.25, 0.3) is 0 Å². The van der Waals surface area contributed by atoms with Crippen molar-refractivity contribution in [3.8, 4) is 0 Å². The third-order valence-corrected chi connectivity index (χ3v) is 2.30. The molecule has 0 amide bonds. The first-order valence-electron chi connectivity index (χ1n) is 4.07. The van der Waals surface area contributed by atoms with Gasteiger partial charge in [0.1, 0.15) is 11.6 Å². The van der Waals surface area contributed by atoms with Crippen LogP contribution in [0.2, 0.25) is 0 Å². The summed E-state index contributed by atoms with van der Waals surface area (Å²) < 4.78 is 52.1. The summed E-state index contributed by atoms with van der Waals surface area (Å²) in [6, 6.07) is 1.87. The second kappa shape index (κ2) is 4.49. The zero-order valence-corrected chi connectivity index (χ0v) is 9.12. The monoisotopic (exact) mass is 285 g/mol. The van der Waals surface area contributed by atoms with Gasteiger partial charge in [-0.15, -0.1) is 0 Å². The summed E-state index contributed by atoms with van der Waals surface area (Å²) in [5.41, 5.74) is 4.14. The van der Waals surface area contributed by atoms with Crippen LogP contribution in [-0.2, 0) is 6.42 Å². The van der Waals surface area contributed by atoms with E-state index in [-0.39, 0.29) is 4.47 Å². The molecule has 0 bridgehead atoms. The van der Waals surface area contributed by atoms with Gasteiger partial charge in [0.05, 0.1) is 6.54 Å². The maximum absolute atomic E-state index is 13.1. The largest absolute Gasteiger partial charge is 0.325 e. The summed E-state index contributed by atoms with van der Waals surface area (Å²) in [4.78, 5) is 0. The van der Waals surface area contributed by atoms with Gasteiger partial charge in [-0.1, -0.05) is 15.9 Å². The van der Waals surface area contributed by atoms with E-state index in [1.807, 2.05) is 0 Å². The Kier molecular flexibility index (Phi) is 3.72. The molecule has 1 aromatic rings. The van der Waals surface area contributed by atoms with E-state index in [2.05, 4.69) is 15.9 Å². The van der Waals surface area contributed by atoms with Crippen molar-refractivity contribution in [2.24, 2.45) is 5.73 Å². The second-order valence-corrected chi connectivity index (χ2v) is 4.00. The maximum Gasteiger partial charge on any atom is 0.264 e. The Labute approximate surface area is 92.4 Å². The molecule has 0 radical (unpaired) electrons. The third-order valence-electron chi connectivity index (χ3n) is 1.84. The smallest absolute Gasteiger partial charge is 0.264 e. The number of hydrogen-bond acceptors (Lipinski definition) is 1. The molecular formula is C9H8BrF4N. The van der Waals surface area contributed by atoms with Gasteiger partial charge in [-0.05, 0) is 12.1 Å². The van der Waals surface area contributed by atoms with Gasteiger partial charge in [0.25, 0.3) is 5.92 Å². The second-order valence-electron chi connectivity index (χ2n) is 3.08. The Morgan fingerprint density at radius 1 is 1.20 bits per heavy atom. The molecule has 0 fully saturated rings. The fraction of sp³-hybridized carbons (Fsp3) is 0.333. The summed E-state index contributed by atoms with van der Waals surface area (Å²) in [6.45, 7) is -0.943. The maximum atomic E-state index is 13.1. The molecule has 0 aliphatic carbocycles. The molecule has 1 nitrogen and oxygen atoms in total. The number of benzene rings is 1. The standard InChI is InChI=1S/C9H8BrF4N/c10-5-1-7(11)6(8(12)2-5)3-9(13,14)4-15/h1-2H,3-4,15H2. The molecule has 1 rings (SSSR count). The zero-order valence-electron chi connectivity index (χ0n) is 7.54. The van der Waals surface area contributed by atoms with E-state index in [1.54, 1.807) is 0 Å². The first-order chi connectivity index (χ1) is 6.85. The molecular weight excluding hydrogens is 278 g/mol. The van der Waals surface area contributed by atoms with Crippen molar-refractivity contribution < 1.29 is 17.6 Å². The zero-order chi connectivity index (χ0) is 11.6. The summed E-state index contributed by atoms with van der Waals surface area (Å²) >= 11 is 2.85.